The maximum Gasteiger partial charge on any atom is 0.231 e. The Balaban J connectivity index is 1.49. The summed E-state index contributed by atoms with van der Waals surface area (Å²) in [4.78, 5) is 12.7. The Kier molecular flexibility index (Phi) is 5.50. The number of hydrogen-bond donors (Lipinski definition) is 0. The summed E-state index contributed by atoms with van der Waals surface area (Å²) in [5.74, 6) is 1.42. The zero-order valence-electron chi connectivity index (χ0n) is 15.9. The number of ketones is 1. The molecule has 0 atom stereocenters. The molecular weight excluding hydrogens is 384 g/mol. The number of Topliss-reactive ketones (excluding diaryl/α,β-unsaturated/α-hetero) is 1. The van der Waals surface area contributed by atoms with Crippen molar-refractivity contribution in [2.45, 2.75) is 6.92 Å². The number of carbonyl (C=O) groups is 1. The Labute approximate surface area is 174 Å². The highest BCUT2D eigenvalue weighted by Crippen LogP contribution is 2.39. The molecule has 1 aliphatic heterocycles. The zero-order chi connectivity index (χ0) is 20.2. The molecule has 0 aliphatic carbocycles. The Morgan fingerprint density at radius 1 is 0.966 bits per heavy atom. The van der Waals surface area contributed by atoms with Crippen molar-refractivity contribution in [3.05, 3.63) is 106 Å². The van der Waals surface area contributed by atoms with Crippen LogP contribution in [0.1, 0.15) is 27.0 Å². The van der Waals surface area contributed by atoms with Crippen molar-refractivity contribution < 1.29 is 14.3 Å². The minimum atomic E-state index is -0.131. The maximum atomic E-state index is 12.7. The topological polar surface area (TPSA) is 35.5 Å². The third-order valence-corrected chi connectivity index (χ3v) is 4.90. The summed E-state index contributed by atoms with van der Waals surface area (Å²) in [5, 5.41) is 0.646. The molecule has 4 rings (SSSR count). The quantitative estimate of drug-likeness (QED) is 0.466. The fourth-order valence-electron chi connectivity index (χ4n) is 3.12. The first kappa shape index (κ1) is 19.0. The third-order valence-electron chi connectivity index (χ3n) is 4.65. The summed E-state index contributed by atoms with van der Waals surface area (Å²) in [6.45, 7) is 2.32. The lowest BCUT2D eigenvalue weighted by Crippen LogP contribution is -1.98. The van der Waals surface area contributed by atoms with Gasteiger partial charge in [0.05, 0.1) is 5.56 Å². The summed E-state index contributed by atoms with van der Waals surface area (Å²) in [7, 11) is 0. The Hall–Kier alpha value is -3.30. The fourth-order valence-corrected chi connectivity index (χ4v) is 3.25. The van der Waals surface area contributed by atoms with Gasteiger partial charge in [0.1, 0.15) is 18.1 Å². The summed E-state index contributed by atoms with van der Waals surface area (Å²) < 4.78 is 11.8. The van der Waals surface area contributed by atoms with Crippen molar-refractivity contribution in [1.29, 1.82) is 0 Å². The lowest BCUT2D eigenvalue weighted by Gasteiger charge is -2.10. The predicted molar refractivity (Wildman–Crippen MR) is 117 cm³/mol. The van der Waals surface area contributed by atoms with Crippen molar-refractivity contribution in [2.24, 2.45) is 0 Å². The summed E-state index contributed by atoms with van der Waals surface area (Å²) in [5.41, 5.74) is 3.33. The first-order valence-electron chi connectivity index (χ1n) is 9.29. The first-order chi connectivity index (χ1) is 14.1. The maximum absolute atomic E-state index is 12.7. The second kappa shape index (κ2) is 8.38. The van der Waals surface area contributed by atoms with E-state index in [1.807, 2.05) is 67.6 Å². The SMILES string of the molecule is Cc1c(OC/C=C/c2ccccc2)ccc2c1O/C(=C\c1ccc(Cl)cc1)C2=O. The van der Waals surface area contributed by atoms with Crippen LogP contribution in [0.4, 0.5) is 0 Å². The summed E-state index contributed by atoms with van der Waals surface area (Å²) >= 11 is 5.92. The summed E-state index contributed by atoms with van der Waals surface area (Å²) in [6, 6.07) is 20.9. The molecule has 29 heavy (non-hydrogen) atoms. The van der Waals surface area contributed by atoms with Crippen molar-refractivity contribution in [1.82, 2.24) is 0 Å². The van der Waals surface area contributed by atoms with Gasteiger partial charge in [0.25, 0.3) is 0 Å². The molecule has 0 spiro atoms. The van der Waals surface area contributed by atoms with Crippen LogP contribution in [-0.2, 0) is 0 Å². The molecule has 0 amide bonds. The van der Waals surface area contributed by atoms with Crippen LogP contribution in [0.25, 0.3) is 12.2 Å². The van der Waals surface area contributed by atoms with Gasteiger partial charge in [-0.05, 0) is 54.5 Å². The number of fused-ring (bicyclic) bond motifs is 1. The highest BCUT2D eigenvalue weighted by Gasteiger charge is 2.30. The van der Waals surface area contributed by atoms with Gasteiger partial charge in [0, 0.05) is 10.6 Å². The van der Waals surface area contributed by atoms with Gasteiger partial charge < -0.3 is 9.47 Å². The van der Waals surface area contributed by atoms with E-state index < -0.39 is 0 Å². The van der Waals surface area contributed by atoms with Crippen LogP contribution in [0.2, 0.25) is 5.02 Å². The Morgan fingerprint density at radius 3 is 2.48 bits per heavy atom. The minimum Gasteiger partial charge on any atom is -0.489 e. The van der Waals surface area contributed by atoms with E-state index in [-0.39, 0.29) is 5.78 Å². The van der Waals surface area contributed by atoms with Crippen LogP contribution in [0.5, 0.6) is 11.5 Å². The van der Waals surface area contributed by atoms with Gasteiger partial charge >= 0.3 is 0 Å². The molecule has 0 saturated heterocycles. The van der Waals surface area contributed by atoms with E-state index in [0.717, 1.165) is 16.7 Å². The van der Waals surface area contributed by atoms with Gasteiger partial charge in [0.15, 0.2) is 5.76 Å². The number of benzene rings is 3. The molecular formula is C25H19ClO3. The lowest BCUT2D eigenvalue weighted by atomic mass is 10.1. The van der Waals surface area contributed by atoms with Gasteiger partial charge in [-0.25, -0.2) is 0 Å². The van der Waals surface area contributed by atoms with Gasteiger partial charge in [0.2, 0.25) is 5.78 Å². The van der Waals surface area contributed by atoms with Crippen molar-refractivity contribution >= 4 is 29.5 Å². The van der Waals surface area contributed by atoms with E-state index in [9.17, 15) is 4.79 Å². The number of ether oxygens (including phenoxy) is 2. The van der Waals surface area contributed by atoms with Crippen LogP contribution in [0.3, 0.4) is 0 Å². The molecule has 1 aliphatic rings. The highest BCUT2D eigenvalue weighted by atomic mass is 35.5. The zero-order valence-corrected chi connectivity index (χ0v) is 16.6. The predicted octanol–water partition coefficient (Wildman–Crippen LogP) is 6.36. The van der Waals surface area contributed by atoms with E-state index in [1.54, 1.807) is 24.3 Å². The van der Waals surface area contributed by atoms with E-state index >= 15 is 0 Å². The molecule has 1 heterocycles. The molecule has 3 nitrogen and oxygen atoms in total. The number of hydrogen-bond acceptors (Lipinski definition) is 3. The molecule has 3 aromatic carbocycles. The van der Waals surface area contributed by atoms with Gasteiger partial charge in [-0.15, -0.1) is 0 Å². The molecule has 0 saturated carbocycles. The molecule has 0 unspecified atom stereocenters. The molecule has 4 heteroatoms. The third kappa shape index (κ3) is 4.25. The first-order valence-corrected chi connectivity index (χ1v) is 9.67. The average molecular weight is 403 g/mol. The highest BCUT2D eigenvalue weighted by molar-refractivity contribution is 6.30. The fraction of sp³-hybridized carbons (Fsp3) is 0.0800. The van der Waals surface area contributed by atoms with Crippen LogP contribution in [0.15, 0.2) is 78.6 Å². The molecule has 0 radical (unpaired) electrons. The van der Waals surface area contributed by atoms with Crippen molar-refractivity contribution in [3.8, 4) is 11.5 Å². The smallest absolute Gasteiger partial charge is 0.231 e. The number of carbonyl (C=O) groups excluding carboxylic acids is 1. The van der Waals surface area contributed by atoms with E-state index in [2.05, 4.69) is 0 Å². The van der Waals surface area contributed by atoms with E-state index in [1.165, 1.54) is 0 Å². The number of rotatable bonds is 5. The van der Waals surface area contributed by atoms with Gasteiger partial charge in [-0.2, -0.15) is 0 Å². The van der Waals surface area contributed by atoms with Crippen LogP contribution >= 0.6 is 11.6 Å². The largest absolute Gasteiger partial charge is 0.489 e. The monoisotopic (exact) mass is 402 g/mol. The lowest BCUT2D eigenvalue weighted by molar-refractivity contribution is 0.101. The van der Waals surface area contributed by atoms with Gasteiger partial charge in [-0.1, -0.05) is 60.1 Å². The van der Waals surface area contributed by atoms with E-state index in [4.69, 9.17) is 21.1 Å². The number of allylic oxidation sites excluding steroid dienone is 1. The van der Waals surface area contributed by atoms with E-state index in [0.29, 0.717) is 34.5 Å². The second-order valence-corrected chi connectivity index (χ2v) is 7.12. The second-order valence-electron chi connectivity index (χ2n) is 6.68. The Bertz CT molecular complexity index is 1100. The molecule has 3 aromatic rings. The van der Waals surface area contributed by atoms with Gasteiger partial charge in [-0.3, -0.25) is 4.79 Å². The standard InChI is InChI=1S/C25H19ClO3/c1-17-22(28-15-5-8-18-6-3-2-4-7-18)14-13-21-24(27)23(29-25(17)21)16-19-9-11-20(26)12-10-19/h2-14,16H,15H2,1H3/b8-5+,23-16-. The Morgan fingerprint density at radius 2 is 1.72 bits per heavy atom. The molecule has 144 valence electrons. The average Bonchev–Trinajstić information content (AvgIpc) is 3.05. The summed E-state index contributed by atoms with van der Waals surface area (Å²) in [6.07, 6.45) is 5.69. The molecule has 0 aromatic heterocycles. The normalized spacial score (nSPS) is 14.3. The minimum absolute atomic E-state index is 0.131. The van der Waals surface area contributed by atoms with Crippen molar-refractivity contribution in [3.63, 3.8) is 0 Å². The molecule has 0 N–H and O–H groups in total. The number of halogens is 1. The van der Waals surface area contributed by atoms with Crippen LogP contribution in [-0.4, -0.2) is 12.4 Å². The molecule has 0 fully saturated rings. The molecule has 0 bridgehead atoms. The van der Waals surface area contributed by atoms with Crippen LogP contribution in [0, 0.1) is 6.92 Å². The van der Waals surface area contributed by atoms with Crippen LogP contribution < -0.4 is 9.47 Å². The van der Waals surface area contributed by atoms with Crippen molar-refractivity contribution in [2.75, 3.05) is 6.61 Å².